The molecule has 6 nitrogen and oxygen atoms in total. The maximum atomic E-state index is 12.0. The van der Waals surface area contributed by atoms with Crippen LogP contribution < -0.4 is 5.32 Å². The van der Waals surface area contributed by atoms with E-state index in [0.29, 0.717) is 6.42 Å². The number of carboxylic acids is 1. The van der Waals surface area contributed by atoms with Gasteiger partial charge < -0.3 is 20.2 Å². The molecule has 1 aliphatic heterocycles. The molecule has 104 valence electrons. The third-order valence-corrected chi connectivity index (χ3v) is 3.17. The minimum absolute atomic E-state index is 0.0804. The molecule has 1 unspecified atom stereocenters. The van der Waals surface area contributed by atoms with Crippen LogP contribution in [0.2, 0.25) is 0 Å². The Bertz CT molecular complexity index is 296. The molecule has 0 radical (unpaired) electrons. The highest BCUT2D eigenvalue weighted by atomic mass is 16.4. The molecule has 0 bridgehead atoms. The van der Waals surface area contributed by atoms with E-state index in [-0.39, 0.29) is 18.5 Å². The minimum atomic E-state index is -0.826. The molecule has 1 fully saturated rings. The van der Waals surface area contributed by atoms with Crippen molar-refractivity contribution in [3.05, 3.63) is 0 Å². The summed E-state index contributed by atoms with van der Waals surface area (Å²) in [6, 6.07) is -0.183. The second kappa shape index (κ2) is 7.20. The number of carboxylic acid groups (broad SMARTS) is 1. The van der Waals surface area contributed by atoms with Crippen LogP contribution in [0, 0.1) is 0 Å². The summed E-state index contributed by atoms with van der Waals surface area (Å²) in [7, 11) is 2.05. The number of aliphatic carboxylic acids is 1. The number of urea groups is 1. The monoisotopic (exact) mass is 257 g/mol. The number of likely N-dealkylation sites (N-methyl/N-ethyl adjacent to an activating group) is 1. The first-order chi connectivity index (χ1) is 8.49. The normalized spacial score (nSPS) is 19.1. The smallest absolute Gasteiger partial charge is 0.317 e. The number of carbonyl (C=O) groups is 2. The molecule has 2 amide bonds. The van der Waals surface area contributed by atoms with Crippen molar-refractivity contribution < 1.29 is 14.7 Å². The van der Waals surface area contributed by atoms with E-state index in [2.05, 4.69) is 17.3 Å². The maximum Gasteiger partial charge on any atom is 0.317 e. The van der Waals surface area contributed by atoms with Gasteiger partial charge in [-0.15, -0.1) is 0 Å². The maximum absolute atomic E-state index is 12.0. The van der Waals surface area contributed by atoms with Crippen molar-refractivity contribution in [2.24, 2.45) is 0 Å². The molecule has 2 N–H and O–H groups in total. The topological polar surface area (TPSA) is 72.9 Å². The molecule has 1 heterocycles. The number of hydrogen-bond donors (Lipinski definition) is 2. The van der Waals surface area contributed by atoms with Crippen LogP contribution in [0.25, 0.3) is 0 Å². The second-order valence-electron chi connectivity index (χ2n) is 4.93. The lowest BCUT2D eigenvalue weighted by Crippen LogP contribution is -2.45. The van der Waals surface area contributed by atoms with E-state index in [1.54, 1.807) is 4.90 Å². The lowest BCUT2D eigenvalue weighted by atomic mass is 10.2. The molecule has 1 saturated heterocycles. The minimum Gasteiger partial charge on any atom is -0.481 e. The van der Waals surface area contributed by atoms with Gasteiger partial charge in [0.2, 0.25) is 0 Å². The Balaban J connectivity index is 2.32. The zero-order valence-electron chi connectivity index (χ0n) is 11.2. The van der Waals surface area contributed by atoms with Crippen molar-refractivity contribution >= 4 is 12.0 Å². The second-order valence-corrected chi connectivity index (χ2v) is 4.93. The number of nitrogens with zero attached hydrogens (tertiary/aromatic N) is 2. The van der Waals surface area contributed by atoms with E-state index < -0.39 is 5.97 Å². The van der Waals surface area contributed by atoms with Crippen molar-refractivity contribution in [1.82, 2.24) is 15.1 Å². The van der Waals surface area contributed by atoms with Gasteiger partial charge in [0.05, 0.1) is 0 Å². The molecule has 0 aliphatic carbocycles. The molecule has 0 aromatic carbocycles. The van der Waals surface area contributed by atoms with Gasteiger partial charge >= 0.3 is 12.0 Å². The van der Waals surface area contributed by atoms with E-state index in [1.807, 2.05) is 6.92 Å². The van der Waals surface area contributed by atoms with Crippen molar-refractivity contribution in [2.75, 3.05) is 33.2 Å². The lowest BCUT2D eigenvalue weighted by molar-refractivity contribution is -0.137. The number of amides is 2. The standard InChI is InChI=1S/C12H23N3O3/c1-10(4-5-11(16)17)13-12(18)15-7-3-6-14(2)8-9-15/h10H,3-9H2,1-2H3,(H,13,18)(H,16,17). The summed E-state index contributed by atoms with van der Waals surface area (Å²) in [6.07, 6.45) is 1.53. The van der Waals surface area contributed by atoms with Gasteiger partial charge in [-0.3, -0.25) is 4.79 Å². The molecule has 0 aromatic rings. The van der Waals surface area contributed by atoms with Gasteiger partial charge in [0.15, 0.2) is 0 Å². The summed E-state index contributed by atoms with van der Waals surface area (Å²) in [6.45, 7) is 5.23. The van der Waals surface area contributed by atoms with Gasteiger partial charge in [-0.2, -0.15) is 0 Å². The quantitative estimate of drug-likeness (QED) is 0.773. The first kappa shape index (κ1) is 14.8. The zero-order valence-corrected chi connectivity index (χ0v) is 11.2. The molecule has 1 rings (SSSR count). The van der Waals surface area contributed by atoms with Gasteiger partial charge in [-0.1, -0.05) is 0 Å². The molecular formula is C12H23N3O3. The van der Waals surface area contributed by atoms with Gasteiger partial charge in [-0.05, 0) is 33.4 Å². The van der Waals surface area contributed by atoms with Crippen LogP contribution in [0.1, 0.15) is 26.2 Å². The lowest BCUT2D eigenvalue weighted by Gasteiger charge is -2.23. The van der Waals surface area contributed by atoms with E-state index >= 15 is 0 Å². The van der Waals surface area contributed by atoms with E-state index in [0.717, 1.165) is 32.6 Å². The van der Waals surface area contributed by atoms with Crippen LogP contribution in [0.15, 0.2) is 0 Å². The van der Waals surface area contributed by atoms with Crippen LogP contribution in [0.3, 0.4) is 0 Å². The summed E-state index contributed by atoms with van der Waals surface area (Å²) in [5, 5.41) is 11.4. The van der Waals surface area contributed by atoms with Gasteiger partial charge in [-0.25, -0.2) is 4.79 Å². The van der Waals surface area contributed by atoms with Crippen molar-refractivity contribution in [2.45, 2.75) is 32.2 Å². The van der Waals surface area contributed by atoms with E-state index in [4.69, 9.17) is 5.11 Å². The van der Waals surface area contributed by atoms with Crippen LogP contribution in [0.4, 0.5) is 4.79 Å². The summed E-state index contributed by atoms with van der Waals surface area (Å²) in [5.74, 6) is -0.826. The first-order valence-corrected chi connectivity index (χ1v) is 6.45. The van der Waals surface area contributed by atoms with Gasteiger partial charge in [0.1, 0.15) is 0 Å². The van der Waals surface area contributed by atoms with Gasteiger partial charge in [0, 0.05) is 32.1 Å². The van der Waals surface area contributed by atoms with Gasteiger partial charge in [0.25, 0.3) is 0 Å². The molecule has 0 spiro atoms. The fourth-order valence-electron chi connectivity index (χ4n) is 1.96. The van der Waals surface area contributed by atoms with E-state index in [1.165, 1.54) is 0 Å². The third-order valence-electron chi connectivity index (χ3n) is 3.17. The van der Waals surface area contributed by atoms with Crippen LogP contribution in [-0.4, -0.2) is 66.2 Å². The average molecular weight is 257 g/mol. The highest BCUT2D eigenvalue weighted by Gasteiger charge is 2.18. The van der Waals surface area contributed by atoms with Crippen LogP contribution >= 0.6 is 0 Å². The summed E-state index contributed by atoms with van der Waals surface area (Å²) in [4.78, 5) is 26.4. The number of hydrogen-bond acceptors (Lipinski definition) is 3. The molecule has 0 saturated carbocycles. The predicted octanol–water partition coefficient (Wildman–Crippen LogP) is 0.587. The average Bonchev–Trinajstić information content (AvgIpc) is 2.51. The molecule has 1 atom stereocenters. The molecule has 1 aliphatic rings. The Hall–Kier alpha value is -1.30. The summed E-state index contributed by atoms with van der Waals surface area (Å²) < 4.78 is 0. The van der Waals surface area contributed by atoms with Crippen LogP contribution in [0.5, 0.6) is 0 Å². The van der Waals surface area contributed by atoms with E-state index in [9.17, 15) is 9.59 Å². The van der Waals surface area contributed by atoms with Crippen molar-refractivity contribution in [3.63, 3.8) is 0 Å². The zero-order chi connectivity index (χ0) is 13.5. The Morgan fingerprint density at radius 3 is 2.67 bits per heavy atom. The summed E-state index contributed by atoms with van der Waals surface area (Å²) >= 11 is 0. The highest BCUT2D eigenvalue weighted by Crippen LogP contribution is 2.03. The number of rotatable bonds is 4. The summed E-state index contributed by atoms with van der Waals surface area (Å²) in [5.41, 5.74) is 0. The number of nitrogens with one attached hydrogen (secondary N) is 1. The Kier molecular flexibility index (Phi) is 5.91. The molecule has 6 heteroatoms. The third kappa shape index (κ3) is 5.35. The first-order valence-electron chi connectivity index (χ1n) is 6.45. The largest absolute Gasteiger partial charge is 0.481 e. The SMILES string of the molecule is CC(CCC(=O)O)NC(=O)N1CCCN(C)CC1. The Morgan fingerprint density at radius 2 is 2.00 bits per heavy atom. The Labute approximate surface area is 108 Å². The molecule has 0 aromatic heterocycles. The molecular weight excluding hydrogens is 234 g/mol. The highest BCUT2D eigenvalue weighted by molar-refractivity contribution is 5.74. The van der Waals surface area contributed by atoms with Crippen molar-refractivity contribution in [1.29, 1.82) is 0 Å². The van der Waals surface area contributed by atoms with Crippen LogP contribution in [-0.2, 0) is 4.79 Å². The number of carbonyl (C=O) groups excluding carboxylic acids is 1. The van der Waals surface area contributed by atoms with Crippen molar-refractivity contribution in [3.8, 4) is 0 Å². The predicted molar refractivity (Wildman–Crippen MR) is 68.6 cm³/mol. The molecule has 18 heavy (non-hydrogen) atoms. The fourth-order valence-corrected chi connectivity index (χ4v) is 1.96. The fraction of sp³-hybridized carbons (Fsp3) is 0.833. The Morgan fingerprint density at radius 1 is 1.28 bits per heavy atom.